The lowest BCUT2D eigenvalue weighted by Crippen LogP contribution is -1.97. The average Bonchev–Trinajstić information content (AvgIpc) is 2.38. The Morgan fingerprint density at radius 3 is 2.58 bits per heavy atom. The van der Waals surface area contributed by atoms with Crippen LogP contribution in [0, 0.1) is 13.8 Å². The molecule has 19 heavy (non-hydrogen) atoms. The van der Waals surface area contributed by atoms with Gasteiger partial charge in [0.1, 0.15) is 0 Å². The van der Waals surface area contributed by atoms with Gasteiger partial charge in [-0.05, 0) is 42.7 Å². The predicted molar refractivity (Wildman–Crippen MR) is 76.7 cm³/mol. The summed E-state index contributed by atoms with van der Waals surface area (Å²) in [6, 6.07) is 9.34. The number of rotatable bonds is 4. The van der Waals surface area contributed by atoms with Crippen LogP contribution in [0.4, 0.5) is 0 Å². The lowest BCUT2D eigenvalue weighted by atomic mass is 10.1. The van der Waals surface area contributed by atoms with Gasteiger partial charge >= 0.3 is 5.97 Å². The van der Waals surface area contributed by atoms with Gasteiger partial charge in [-0.15, -0.1) is 11.8 Å². The number of benzene rings is 1. The zero-order valence-electron chi connectivity index (χ0n) is 10.9. The Kier molecular flexibility index (Phi) is 4.22. The predicted octanol–water partition coefficient (Wildman–Crippen LogP) is 3.69. The summed E-state index contributed by atoms with van der Waals surface area (Å²) in [5, 5.41) is 9.68. The molecule has 0 aliphatic carbocycles. The van der Waals surface area contributed by atoms with Crippen molar-refractivity contribution in [1.82, 2.24) is 4.98 Å². The highest BCUT2D eigenvalue weighted by Crippen LogP contribution is 2.25. The smallest absolute Gasteiger partial charge is 0.335 e. The molecular formula is C15H15NO2S. The third-order valence-corrected chi connectivity index (χ3v) is 3.94. The Morgan fingerprint density at radius 1 is 1.26 bits per heavy atom. The molecule has 0 amide bonds. The second kappa shape index (κ2) is 5.89. The molecule has 0 radical (unpaired) electrons. The van der Waals surface area contributed by atoms with Crippen molar-refractivity contribution in [2.45, 2.75) is 24.6 Å². The maximum Gasteiger partial charge on any atom is 0.335 e. The van der Waals surface area contributed by atoms with Gasteiger partial charge in [0.05, 0.1) is 10.6 Å². The number of hydrogen-bond acceptors (Lipinski definition) is 3. The third kappa shape index (κ3) is 3.35. The van der Waals surface area contributed by atoms with E-state index in [1.54, 1.807) is 17.8 Å². The van der Waals surface area contributed by atoms with Gasteiger partial charge in [-0.2, -0.15) is 0 Å². The van der Waals surface area contributed by atoms with Gasteiger partial charge in [-0.1, -0.05) is 18.2 Å². The number of carboxylic acids is 1. The van der Waals surface area contributed by atoms with Gasteiger partial charge in [0, 0.05) is 11.9 Å². The normalized spacial score (nSPS) is 10.4. The standard InChI is InChI=1S/C15H15NO2S/c1-10-4-3-5-11(2)13(10)9-19-14-8-12(15(17)18)6-7-16-14/h3-8H,9H2,1-2H3,(H,17,18). The van der Waals surface area contributed by atoms with E-state index in [0.717, 1.165) is 10.8 Å². The van der Waals surface area contributed by atoms with Gasteiger partial charge in [-0.25, -0.2) is 9.78 Å². The molecule has 4 heteroatoms. The first-order valence-electron chi connectivity index (χ1n) is 5.95. The summed E-state index contributed by atoms with van der Waals surface area (Å²) in [7, 11) is 0. The van der Waals surface area contributed by atoms with Crippen LogP contribution in [-0.2, 0) is 5.75 Å². The quantitative estimate of drug-likeness (QED) is 0.863. The summed E-state index contributed by atoms with van der Waals surface area (Å²) in [5.41, 5.74) is 4.07. The van der Waals surface area contributed by atoms with Crippen LogP contribution < -0.4 is 0 Å². The fourth-order valence-electron chi connectivity index (χ4n) is 1.84. The summed E-state index contributed by atoms with van der Waals surface area (Å²) in [6.07, 6.45) is 1.54. The molecule has 0 fully saturated rings. The first kappa shape index (κ1) is 13.6. The molecule has 0 aliphatic heterocycles. The molecule has 1 N–H and O–H groups in total. The van der Waals surface area contributed by atoms with Crippen molar-refractivity contribution in [3.05, 3.63) is 58.8 Å². The van der Waals surface area contributed by atoms with E-state index < -0.39 is 5.97 Å². The fourth-order valence-corrected chi connectivity index (χ4v) is 2.94. The van der Waals surface area contributed by atoms with Crippen LogP contribution in [0.1, 0.15) is 27.0 Å². The number of aryl methyl sites for hydroxylation is 2. The van der Waals surface area contributed by atoms with E-state index in [1.807, 2.05) is 6.07 Å². The molecule has 2 aromatic rings. The Morgan fingerprint density at radius 2 is 1.95 bits per heavy atom. The molecule has 0 saturated heterocycles. The number of pyridine rings is 1. The Bertz CT molecular complexity index is 591. The molecule has 0 bridgehead atoms. The number of carboxylic acid groups (broad SMARTS) is 1. The van der Waals surface area contributed by atoms with E-state index in [4.69, 9.17) is 5.11 Å². The van der Waals surface area contributed by atoms with Gasteiger partial charge in [0.15, 0.2) is 0 Å². The fraction of sp³-hybridized carbons (Fsp3) is 0.200. The molecule has 2 rings (SSSR count). The lowest BCUT2D eigenvalue weighted by molar-refractivity contribution is 0.0696. The maximum atomic E-state index is 10.9. The monoisotopic (exact) mass is 273 g/mol. The molecular weight excluding hydrogens is 258 g/mol. The Hall–Kier alpha value is -1.81. The molecule has 1 heterocycles. The van der Waals surface area contributed by atoms with E-state index in [1.165, 1.54) is 29.0 Å². The van der Waals surface area contributed by atoms with Gasteiger partial charge in [0.25, 0.3) is 0 Å². The highest BCUT2D eigenvalue weighted by atomic mass is 32.2. The minimum atomic E-state index is -0.920. The van der Waals surface area contributed by atoms with Gasteiger partial charge in [0.2, 0.25) is 0 Å². The topological polar surface area (TPSA) is 50.2 Å². The minimum absolute atomic E-state index is 0.277. The van der Waals surface area contributed by atoms with E-state index in [0.29, 0.717) is 0 Å². The Balaban J connectivity index is 2.15. The van der Waals surface area contributed by atoms with Crippen LogP contribution in [-0.4, -0.2) is 16.1 Å². The SMILES string of the molecule is Cc1cccc(C)c1CSc1cc(C(=O)O)ccn1. The van der Waals surface area contributed by atoms with Crippen molar-refractivity contribution in [3.63, 3.8) is 0 Å². The summed E-state index contributed by atoms with van der Waals surface area (Å²) in [5.74, 6) is -0.120. The van der Waals surface area contributed by atoms with E-state index in [-0.39, 0.29) is 5.56 Å². The Labute approximate surface area is 116 Å². The first-order chi connectivity index (χ1) is 9.08. The summed E-state index contributed by atoms with van der Waals surface area (Å²) in [6.45, 7) is 4.17. The molecule has 0 spiro atoms. The number of hydrogen-bond donors (Lipinski definition) is 1. The van der Waals surface area contributed by atoms with Crippen LogP contribution in [0.3, 0.4) is 0 Å². The highest BCUT2D eigenvalue weighted by Gasteiger charge is 2.07. The molecule has 0 aliphatic rings. The zero-order valence-corrected chi connectivity index (χ0v) is 11.7. The van der Waals surface area contributed by atoms with Crippen molar-refractivity contribution in [1.29, 1.82) is 0 Å². The van der Waals surface area contributed by atoms with Crippen molar-refractivity contribution in [2.75, 3.05) is 0 Å². The van der Waals surface area contributed by atoms with Crippen molar-refractivity contribution < 1.29 is 9.90 Å². The highest BCUT2D eigenvalue weighted by molar-refractivity contribution is 7.98. The third-order valence-electron chi connectivity index (χ3n) is 2.99. The molecule has 0 saturated carbocycles. The van der Waals surface area contributed by atoms with Crippen LogP contribution in [0.15, 0.2) is 41.6 Å². The lowest BCUT2D eigenvalue weighted by Gasteiger charge is -2.09. The maximum absolute atomic E-state index is 10.9. The largest absolute Gasteiger partial charge is 0.478 e. The van der Waals surface area contributed by atoms with Crippen LogP contribution in [0.5, 0.6) is 0 Å². The molecule has 1 aromatic carbocycles. The number of nitrogens with zero attached hydrogens (tertiary/aromatic N) is 1. The van der Waals surface area contributed by atoms with E-state index >= 15 is 0 Å². The van der Waals surface area contributed by atoms with Crippen molar-refractivity contribution >= 4 is 17.7 Å². The molecule has 0 atom stereocenters. The van der Waals surface area contributed by atoms with Crippen molar-refractivity contribution in [2.24, 2.45) is 0 Å². The summed E-state index contributed by atoms with van der Waals surface area (Å²) in [4.78, 5) is 15.1. The number of carbonyl (C=O) groups is 1. The molecule has 3 nitrogen and oxygen atoms in total. The van der Waals surface area contributed by atoms with E-state index in [2.05, 4.69) is 31.0 Å². The minimum Gasteiger partial charge on any atom is -0.478 e. The van der Waals surface area contributed by atoms with Gasteiger partial charge in [-0.3, -0.25) is 0 Å². The van der Waals surface area contributed by atoms with E-state index in [9.17, 15) is 4.79 Å². The van der Waals surface area contributed by atoms with Crippen LogP contribution >= 0.6 is 11.8 Å². The second-order valence-electron chi connectivity index (χ2n) is 4.35. The van der Waals surface area contributed by atoms with Crippen molar-refractivity contribution in [3.8, 4) is 0 Å². The summed E-state index contributed by atoms with van der Waals surface area (Å²) >= 11 is 1.56. The zero-order chi connectivity index (χ0) is 13.8. The second-order valence-corrected chi connectivity index (χ2v) is 5.34. The molecule has 1 aromatic heterocycles. The van der Waals surface area contributed by atoms with Crippen LogP contribution in [0.25, 0.3) is 0 Å². The average molecular weight is 273 g/mol. The van der Waals surface area contributed by atoms with Gasteiger partial charge < -0.3 is 5.11 Å². The molecule has 98 valence electrons. The van der Waals surface area contributed by atoms with Crippen LogP contribution in [0.2, 0.25) is 0 Å². The number of thioether (sulfide) groups is 1. The molecule has 0 unspecified atom stereocenters. The first-order valence-corrected chi connectivity index (χ1v) is 6.93. The number of aromatic nitrogens is 1. The summed E-state index contributed by atoms with van der Waals surface area (Å²) < 4.78 is 0. The number of aromatic carboxylic acids is 1.